The molecule has 1 rings (SSSR count). The summed E-state index contributed by atoms with van der Waals surface area (Å²) in [6, 6.07) is 6.19. The van der Waals surface area contributed by atoms with Gasteiger partial charge in [0, 0.05) is 16.4 Å². The molecule has 3 heteroatoms. The zero-order chi connectivity index (χ0) is 8.97. The molecule has 1 nitrogen and oxygen atoms in total. The van der Waals surface area contributed by atoms with Gasteiger partial charge in [-0.2, -0.15) is 0 Å². The molecule has 0 spiro atoms. The molecule has 0 radical (unpaired) electrons. The second-order valence-corrected chi connectivity index (χ2v) is 4.05. The molecule has 0 atom stereocenters. The van der Waals surface area contributed by atoms with Gasteiger partial charge in [-0.3, -0.25) is 0 Å². The van der Waals surface area contributed by atoms with Crippen LogP contribution in [-0.2, 0) is 11.8 Å². The first-order valence-corrected chi connectivity index (χ1v) is 5.63. The Labute approximate surface area is 89.1 Å². The molecule has 0 saturated heterocycles. The number of halogens is 2. The maximum atomic E-state index is 8.75. The predicted octanol–water partition coefficient (Wildman–Crippen LogP) is 2.88. The second-order valence-electron chi connectivity index (χ2n) is 2.57. The Hall–Kier alpha value is 0.140. The van der Waals surface area contributed by atoms with E-state index in [0.29, 0.717) is 0 Å². The Morgan fingerprint density at radius 1 is 1.17 bits per heavy atom. The van der Waals surface area contributed by atoms with E-state index in [1.807, 2.05) is 6.07 Å². The lowest BCUT2D eigenvalue weighted by Gasteiger charge is -2.02. The number of aliphatic hydroxyl groups is 1. The zero-order valence-electron chi connectivity index (χ0n) is 6.56. The Bertz CT molecular complexity index is 261. The highest BCUT2D eigenvalue weighted by Crippen LogP contribution is 2.17. The summed E-state index contributed by atoms with van der Waals surface area (Å²) in [5.41, 5.74) is 2.40. The van der Waals surface area contributed by atoms with Crippen molar-refractivity contribution in [3.05, 3.63) is 33.8 Å². The average Bonchev–Trinajstić information content (AvgIpc) is 2.04. The van der Waals surface area contributed by atoms with Crippen molar-refractivity contribution in [3.8, 4) is 0 Å². The first-order valence-electron chi connectivity index (χ1n) is 3.71. The molecule has 0 aliphatic rings. The van der Waals surface area contributed by atoms with Crippen LogP contribution < -0.4 is 0 Å². The molecule has 0 heterocycles. The molecule has 0 unspecified atom stereocenters. The lowest BCUT2D eigenvalue weighted by Crippen LogP contribution is -1.91. The van der Waals surface area contributed by atoms with Gasteiger partial charge in [0.1, 0.15) is 0 Å². The average molecular weight is 294 g/mol. The molecule has 0 amide bonds. The van der Waals surface area contributed by atoms with Crippen LogP contribution in [0.15, 0.2) is 22.7 Å². The Kier molecular flexibility index (Phi) is 4.26. The summed E-state index contributed by atoms with van der Waals surface area (Å²) in [6.45, 7) is 0.207. The van der Waals surface area contributed by atoms with Gasteiger partial charge in [-0.25, -0.2) is 0 Å². The SMILES string of the molecule is OCCc1cc(Br)cc(CBr)c1. The van der Waals surface area contributed by atoms with Gasteiger partial charge in [0.2, 0.25) is 0 Å². The van der Waals surface area contributed by atoms with Gasteiger partial charge in [0.05, 0.1) is 0 Å². The molecule has 1 aromatic carbocycles. The Morgan fingerprint density at radius 2 is 1.83 bits per heavy atom. The Balaban J connectivity index is 2.90. The minimum absolute atomic E-state index is 0.207. The number of hydrogen-bond acceptors (Lipinski definition) is 1. The van der Waals surface area contributed by atoms with Gasteiger partial charge in [0.15, 0.2) is 0 Å². The van der Waals surface area contributed by atoms with Gasteiger partial charge < -0.3 is 5.11 Å². The number of benzene rings is 1. The molecule has 66 valence electrons. The normalized spacial score (nSPS) is 10.2. The highest BCUT2D eigenvalue weighted by atomic mass is 79.9. The van der Waals surface area contributed by atoms with E-state index in [-0.39, 0.29) is 6.61 Å². The molecule has 1 N–H and O–H groups in total. The molecular weight excluding hydrogens is 284 g/mol. The molecule has 12 heavy (non-hydrogen) atoms. The molecule has 0 aromatic heterocycles. The van der Waals surface area contributed by atoms with Crippen LogP contribution >= 0.6 is 31.9 Å². The molecule has 0 bridgehead atoms. The smallest absolute Gasteiger partial charge is 0.0471 e. The van der Waals surface area contributed by atoms with E-state index in [9.17, 15) is 0 Å². The molecule has 0 aliphatic heterocycles. The molecule has 1 aromatic rings. The maximum absolute atomic E-state index is 8.75. The van der Waals surface area contributed by atoms with Gasteiger partial charge in [-0.05, 0) is 29.7 Å². The largest absolute Gasteiger partial charge is 0.396 e. The maximum Gasteiger partial charge on any atom is 0.0471 e. The van der Waals surface area contributed by atoms with E-state index in [1.54, 1.807) is 0 Å². The summed E-state index contributed by atoms with van der Waals surface area (Å²) in [6.07, 6.45) is 0.722. The van der Waals surface area contributed by atoms with Crippen molar-refractivity contribution in [1.29, 1.82) is 0 Å². The molecule has 0 aliphatic carbocycles. The van der Waals surface area contributed by atoms with E-state index < -0.39 is 0 Å². The van der Waals surface area contributed by atoms with Crippen LogP contribution in [0.4, 0.5) is 0 Å². The van der Waals surface area contributed by atoms with Crippen molar-refractivity contribution in [2.75, 3.05) is 6.61 Å². The zero-order valence-corrected chi connectivity index (χ0v) is 9.73. The molecule has 0 saturated carbocycles. The third-order valence-corrected chi connectivity index (χ3v) is 2.68. The summed E-state index contributed by atoms with van der Waals surface area (Å²) in [4.78, 5) is 0. The fourth-order valence-corrected chi connectivity index (χ4v) is 1.98. The first-order chi connectivity index (χ1) is 5.76. The fraction of sp³-hybridized carbons (Fsp3) is 0.333. The quantitative estimate of drug-likeness (QED) is 0.850. The number of aliphatic hydroxyl groups excluding tert-OH is 1. The first kappa shape index (κ1) is 10.2. The van der Waals surface area contributed by atoms with Crippen molar-refractivity contribution in [2.45, 2.75) is 11.8 Å². The fourth-order valence-electron chi connectivity index (χ4n) is 1.07. The number of rotatable bonds is 3. The van der Waals surface area contributed by atoms with E-state index in [4.69, 9.17) is 5.11 Å². The molecule has 0 fully saturated rings. The van der Waals surface area contributed by atoms with Crippen LogP contribution in [0, 0.1) is 0 Å². The lowest BCUT2D eigenvalue weighted by molar-refractivity contribution is 0.299. The van der Waals surface area contributed by atoms with Gasteiger partial charge in [-0.1, -0.05) is 37.9 Å². The van der Waals surface area contributed by atoms with Crippen LogP contribution in [0.3, 0.4) is 0 Å². The van der Waals surface area contributed by atoms with Crippen LogP contribution in [0.5, 0.6) is 0 Å². The van der Waals surface area contributed by atoms with E-state index in [1.165, 1.54) is 11.1 Å². The van der Waals surface area contributed by atoms with Crippen LogP contribution in [0.1, 0.15) is 11.1 Å². The van der Waals surface area contributed by atoms with E-state index in [0.717, 1.165) is 16.2 Å². The van der Waals surface area contributed by atoms with E-state index >= 15 is 0 Å². The third kappa shape index (κ3) is 2.88. The summed E-state index contributed by atoms with van der Waals surface area (Å²) in [7, 11) is 0. The van der Waals surface area contributed by atoms with Crippen LogP contribution in [-0.4, -0.2) is 11.7 Å². The topological polar surface area (TPSA) is 20.2 Å². The van der Waals surface area contributed by atoms with Crippen molar-refractivity contribution >= 4 is 31.9 Å². The third-order valence-electron chi connectivity index (χ3n) is 1.57. The summed E-state index contributed by atoms with van der Waals surface area (Å²) in [5, 5.41) is 9.60. The van der Waals surface area contributed by atoms with E-state index in [2.05, 4.69) is 44.0 Å². The minimum atomic E-state index is 0.207. The van der Waals surface area contributed by atoms with Crippen molar-refractivity contribution in [3.63, 3.8) is 0 Å². The standard InChI is InChI=1S/C9H10Br2O/c10-6-8-3-7(1-2-12)4-9(11)5-8/h3-5,12H,1-2,6H2. The lowest BCUT2D eigenvalue weighted by atomic mass is 10.1. The molecular formula is C9H10Br2O. The van der Waals surface area contributed by atoms with Gasteiger partial charge >= 0.3 is 0 Å². The summed E-state index contributed by atoms with van der Waals surface area (Å²) >= 11 is 6.81. The van der Waals surface area contributed by atoms with Crippen molar-refractivity contribution < 1.29 is 5.11 Å². The van der Waals surface area contributed by atoms with Crippen molar-refractivity contribution in [1.82, 2.24) is 0 Å². The Morgan fingerprint density at radius 3 is 2.42 bits per heavy atom. The predicted molar refractivity (Wildman–Crippen MR) is 57.6 cm³/mol. The highest BCUT2D eigenvalue weighted by Gasteiger charge is 1.97. The van der Waals surface area contributed by atoms with Gasteiger partial charge in [0.25, 0.3) is 0 Å². The minimum Gasteiger partial charge on any atom is -0.396 e. The van der Waals surface area contributed by atoms with Crippen molar-refractivity contribution in [2.24, 2.45) is 0 Å². The van der Waals surface area contributed by atoms with Crippen LogP contribution in [0.2, 0.25) is 0 Å². The van der Waals surface area contributed by atoms with Gasteiger partial charge in [-0.15, -0.1) is 0 Å². The number of hydrogen-bond donors (Lipinski definition) is 1. The summed E-state index contributed by atoms with van der Waals surface area (Å²) in [5.74, 6) is 0. The van der Waals surface area contributed by atoms with Crippen LogP contribution in [0.25, 0.3) is 0 Å². The highest BCUT2D eigenvalue weighted by molar-refractivity contribution is 9.10. The summed E-state index contributed by atoms with van der Waals surface area (Å²) < 4.78 is 1.07. The number of alkyl halides is 1. The monoisotopic (exact) mass is 292 g/mol. The second kappa shape index (κ2) is 5.00.